The van der Waals surface area contributed by atoms with Gasteiger partial charge in [0, 0.05) is 13.0 Å². The molecule has 2 aromatic rings. The highest BCUT2D eigenvalue weighted by molar-refractivity contribution is 7.17. The Hall–Kier alpha value is -1.95. The van der Waals surface area contributed by atoms with Gasteiger partial charge in [0.1, 0.15) is 10.5 Å². The molecule has 2 heterocycles. The minimum Gasteiger partial charge on any atom is -0.338 e. The third kappa shape index (κ3) is 2.90. The predicted octanol–water partition coefficient (Wildman–Crippen LogP) is 2.30. The molecule has 0 spiro atoms. The van der Waals surface area contributed by atoms with Crippen LogP contribution in [0.3, 0.4) is 0 Å². The molecule has 21 heavy (non-hydrogen) atoms. The average molecular weight is 303 g/mol. The van der Waals surface area contributed by atoms with Gasteiger partial charge in [-0.15, -0.1) is 11.3 Å². The summed E-state index contributed by atoms with van der Waals surface area (Å²) in [4.78, 5) is 33.1. The van der Waals surface area contributed by atoms with Crippen LogP contribution < -0.4 is 5.56 Å². The van der Waals surface area contributed by atoms with E-state index in [0.717, 1.165) is 19.3 Å². The van der Waals surface area contributed by atoms with E-state index in [9.17, 15) is 9.59 Å². The van der Waals surface area contributed by atoms with Crippen molar-refractivity contribution in [2.75, 3.05) is 7.05 Å². The third-order valence-corrected chi connectivity index (χ3v) is 4.65. The SMILES string of the molecule is CN(Cc1nc2ccsc2c(=O)[nH]1)C(=O)[C@H]1CC=CCC1. The summed E-state index contributed by atoms with van der Waals surface area (Å²) in [7, 11) is 1.76. The molecule has 1 amide bonds. The molecule has 1 N–H and O–H groups in total. The summed E-state index contributed by atoms with van der Waals surface area (Å²) < 4.78 is 0.630. The number of aromatic amines is 1. The molecule has 2 aromatic heterocycles. The first kappa shape index (κ1) is 14.0. The van der Waals surface area contributed by atoms with Crippen molar-refractivity contribution >= 4 is 27.5 Å². The molecule has 1 atom stereocenters. The summed E-state index contributed by atoms with van der Waals surface area (Å²) in [6, 6.07) is 1.83. The van der Waals surface area contributed by atoms with Crippen LogP contribution in [0.2, 0.25) is 0 Å². The molecule has 0 bridgehead atoms. The largest absolute Gasteiger partial charge is 0.338 e. The van der Waals surface area contributed by atoms with E-state index in [-0.39, 0.29) is 17.4 Å². The number of nitrogens with one attached hydrogen (secondary N) is 1. The van der Waals surface area contributed by atoms with Crippen molar-refractivity contribution in [2.24, 2.45) is 5.92 Å². The molecular formula is C15H17N3O2S. The van der Waals surface area contributed by atoms with Gasteiger partial charge in [-0.1, -0.05) is 12.2 Å². The number of H-pyrrole nitrogens is 1. The number of amides is 1. The standard InChI is InChI=1S/C15H17N3O2S/c1-18(15(20)10-5-3-2-4-6-10)9-12-16-11-7-8-21-13(11)14(19)17-12/h2-3,7-8,10H,4-6,9H2,1H3,(H,16,17,19)/t10-/m0/s1. The van der Waals surface area contributed by atoms with Gasteiger partial charge in [-0.2, -0.15) is 0 Å². The molecular weight excluding hydrogens is 286 g/mol. The lowest BCUT2D eigenvalue weighted by atomic mass is 9.93. The second-order valence-electron chi connectivity index (χ2n) is 5.32. The number of allylic oxidation sites excluding steroid dienone is 2. The van der Waals surface area contributed by atoms with Crippen LogP contribution in [-0.4, -0.2) is 27.8 Å². The maximum Gasteiger partial charge on any atom is 0.268 e. The monoisotopic (exact) mass is 303 g/mol. The van der Waals surface area contributed by atoms with Crippen LogP contribution in [0.4, 0.5) is 0 Å². The van der Waals surface area contributed by atoms with Gasteiger partial charge in [-0.25, -0.2) is 4.98 Å². The first-order valence-electron chi connectivity index (χ1n) is 7.01. The zero-order chi connectivity index (χ0) is 14.8. The lowest BCUT2D eigenvalue weighted by Crippen LogP contribution is -2.34. The van der Waals surface area contributed by atoms with Crippen molar-refractivity contribution in [1.29, 1.82) is 0 Å². The Labute approximate surface area is 126 Å². The quantitative estimate of drug-likeness (QED) is 0.885. The minimum absolute atomic E-state index is 0.0524. The highest BCUT2D eigenvalue weighted by Crippen LogP contribution is 2.21. The fraction of sp³-hybridized carbons (Fsp3) is 0.400. The molecule has 6 heteroatoms. The second-order valence-corrected chi connectivity index (χ2v) is 6.24. The summed E-state index contributed by atoms with van der Waals surface area (Å²) in [6.45, 7) is 0.333. The summed E-state index contributed by atoms with van der Waals surface area (Å²) >= 11 is 1.38. The number of aromatic nitrogens is 2. The van der Waals surface area contributed by atoms with Crippen LogP contribution in [0.1, 0.15) is 25.1 Å². The number of hydrogen-bond acceptors (Lipinski definition) is 4. The molecule has 3 rings (SSSR count). The normalized spacial score (nSPS) is 18.0. The van der Waals surface area contributed by atoms with Crippen molar-refractivity contribution < 1.29 is 4.79 Å². The average Bonchev–Trinajstić information content (AvgIpc) is 2.96. The fourth-order valence-corrected chi connectivity index (χ4v) is 3.35. The van der Waals surface area contributed by atoms with Gasteiger partial charge < -0.3 is 9.88 Å². The van der Waals surface area contributed by atoms with Gasteiger partial charge in [-0.3, -0.25) is 9.59 Å². The van der Waals surface area contributed by atoms with Gasteiger partial charge in [0.15, 0.2) is 0 Å². The van der Waals surface area contributed by atoms with E-state index in [1.807, 2.05) is 11.4 Å². The Balaban J connectivity index is 1.76. The van der Waals surface area contributed by atoms with Gasteiger partial charge in [0.25, 0.3) is 5.56 Å². The zero-order valence-electron chi connectivity index (χ0n) is 11.8. The summed E-state index contributed by atoms with van der Waals surface area (Å²) in [6.07, 6.45) is 6.84. The lowest BCUT2D eigenvalue weighted by molar-refractivity contribution is -0.135. The van der Waals surface area contributed by atoms with Crippen molar-refractivity contribution in [3.63, 3.8) is 0 Å². The number of fused-ring (bicyclic) bond motifs is 1. The van der Waals surface area contributed by atoms with E-state index >= 15 is 0 Å². The molecule has 5 nitrogen and oxygen atoms in total. The molecule has 0 saturated carbocycles. The fourth-order valence-electron chi connectivity index (χ4n) is 2.63. The molecule has 0 fully saturated rings. The van der Waals surface area contributed by atoms with Gasteiger partial charge >= 0.3 is 0 Å². The summed E-state index contributed by atoms with van der Waals surface area (Å²) in [5.74, 6) is 0.706. The number of rotatable bonds is 3. The van der Waals surface area contributed by atoms with Crippen molar-refractivity contribution in [1.82, 2.24) is 14.9 Å². The van der Waals surface area contributed by atoms with E-state index in [2.05, 4.69) is 22.1 Å². The molecule has 0 radical (unpaired) electrons. The highest BCUT2D eigenvalue weighted by Gasteiger charge is 2.22. The summed E-state index contributed by atoms with van der Waals surface area (Å²) in [5.41, 5.74) is 0.562. The molecule has 0 saturated heterocycles. The smallest absolute Gasteiger partial charge is 0.268 e. The van der Waals surface area contributed by atoms with Crippen molar-refractivity contribution in [3.05, 3.63) is 39.8 Å². The molecule has 0 unspecified atom stereocenters. The number of carbonyl (C=O) groups excluding carboxylic acids is 1. The number of carbonyl (C=O) groups is 1. The number of nitrogens with zero attached hydrogens (tertiary/aromatic N) is 2. The zero-order valence-corrected chi connectivity index (χ0v) is 12.7. The Morgan fingerprint density at radius 2 is 2.38 bits per heavy atom. The number of thiophene rings is 1. The first-order chi connectivity index (χ1) is 10.1. The van der Waals surface area contributed by atoms with Crippen LogP contribution in [0.5, 0.6) is 0 Å². The summed E-state index contributed by atoms with van der Waals surface area (Å²) in [5, 5.41) is 1.85. The third-order valence-electron chi connectivity index (χ3n) is 3.75. The van der Waals surface area contributed by atoms with Gasteiger partial charge in [0.05, 0.1) is 12.1 Å². The molecule has 0 aliphatic heterocycles. The molecule has 1 aliphatic carbocycles. The molecule has 0 aromatic carbocycles. The van der Waals surface area contributed by atoms with E-state index < -0.39 is 0 Å². The predicted molar refractivity (Wildman–Crippen MR) is 83.2 cm³/mol. The van der Waals surface area contributed by atoms with Crippen LogP contribution in [0.25, 0.3) is 10.2 Å². The van der Waals surface area contributed by atoms with Gasteiger partial charge in [0.2, 0.25) is 5.91 Å². The highest BCUT2D eigenvalue weighted by atomic mass is 32.1. The maximum atomic E-state index is 12.4. The topological polar surface area (TPSA) is 66.1 Å². The molecule has 1 aliphatic rings. The number of hydrogen-bond donors (Lipinski definition) is 1. The van der Waals surface area contributed by atoms with E-state index in [0.29, 0.717) is 22.6 Å². The van der Waals surface area contributed by atoms with Crippen molar-refractivity contribution in [3.8, 4) is 0 Å². The minimum atomic E-state index is -0.133. The van der Waals surface area contributed by atoms with E-state index in [4.69, 9.17) is 0 Å². The Morgan fingerprint density at radius 1 is 1.52 bits per heavy atom. The van der Waals surface area contributed by atoms with Crippen molar-refractivity contribution in [2.45, 2.75) is 25.8 Å². The molecule has 110 valence electrons. The van der Waals surface area contributed by atoms with Crippen LogP contribution in [0, 0.1) is 5.92 Å². The Bertz CT molecular complexity index is 747. The van der Waals surface area contributed by atoms with Crippen LogP contribution >= 0.6 is 11.3 Å². The Morgan fingerprint density at radius 3 is 3.14 bits per heavy atom. The lowest BCUT2D eigenvalue weighted by Gasteiger charge is -2.24. The van der Waals surface area contributed by atoms with E-state index in [1.54, 1.807) is 11.9 Å². The second kappa shape index (κ2) is 5.81. The maximum absolute atomic E-state index is 12.4. The van der Waals surface area contributed by atoms with E-state index in [1.165, 1.54) is 11.3 Å². The first-order valence-corrected chi connectivity index (χ1v) is 7.89. The Kier molecular flexibility index (Phi) is 3.88. The van der Waals surface area contributed by atoms with Crippen LogP contribution in [0.15, 0.2) is 28.4 Å². The van der Waals surface area contributed by atoms with Crippen LogP contribution in [-0.2, 0) is 11.3 Å². The van der Waals surface area contributed by atoms with Gasteiger partial charge in [-0.05, 0) is 30.7 Å².